The van der Waals surface area contributed by atoms with Crippen molar-refractivity contribution in [2.75, 3.05) is 65.4 Å². The Hall–Kier alpha value is -1.14. The van der Waals surface area contributed by atoms with Gasteiger partial charge in [-0.25, -0.2) is 0 Å². The van der Waals surface area contributed by atoms with Crippen molar-refractivity contribution in [3.8, 4) is 0 Å². The molecule has 3 fully saturated rings. The molecule has 3 saturated heterocycles. The van der Waals surface area contributed by atoms with Crippen LogP contribution in [0, 0.1) is 11.8 Å². The second-order valence-electron chi connectivity index (χ2n) is 8.73. The minimum absolute atomic E-state index is 0.232. The number of likely N-dealkylation sites (tertiary alicyclic amines) is 2. The predicted octanol–water partition coefficient (Wildman–Crippen LogP) is 1.12. The van der Waals surface area contributed by atoms with Crippen molar-refractivity contribution in [2.24, 2.45) is 11.8 Å². The van der Waals surface area contributed by atoms with Crippen molar-refractivity contribution in [3.05, 3.63) is 0 Å². The van der Waals surface area contributed by atoms with Crippen molar-refractivity contribution >= 4 is 11.8 Å². The molecule has 0 aromatic carbocycles. The van der Waals surface area contributed by atoms with Crippen LogP contribution in [0.25, 0.3) is 0 Å². The molecule has 0 spiro atoms. The zero-order chi connectivity index (χ0) is 18.5. The second-order valence-corrected chi connectivity index (χ2v) is 8.73. The Kier molecular flexibility index (Phi) is 6.92. The summed E-state index contributed by atoms with van der Waals surface area (Å²) in [5, 5.41) is 0. The van der Waals surface area contributed by atoms with Gasteiger partial charge in [0.1, 0.15) is 0 Å². The SMILES string of the molecule is C[C@H]1CCCN(CC(=O)N2CCN(C(=O)CN3CCC[C@H](C)C3)CC2)C1. The minimum atomic E-state index is 0.232. The first-order valence-corrected chi connectivity index (χ1v) is 10.5. The lowest BCUT2D eigenvalue weighted by Gasteiger charge is -2.38. The number of carbonyl (C=O) groups excluding carboxylic acids is 2. The molecule has 148 valence electrons. The summed E-state index contributed by atoms with van der Waals surface area (Å²) in [5.74, 6) is 1.86. The van der Waals surface area contributed by atoms with Crippen LogP contribution in [-0.4, -0.2) is 96.9 Å². The summed E-state index contributed by atoms with van der Waals surface area (Å²) in [7, 11) is 0. The molecule has 0 aromatic rings. The third-order valence-corrected chi connectivity index (χ3v) is 6.19. The van der Waals surface area contributed by atoms with Crippen molar-refractivity contribution in [1.82, 2.24) is 19.6 Å². The smallest absolute Gasteiger partial charge is 0.236 e. The van der Waals surface area contributed by atoms with Crippen LogP contribution in [0.3, 0.4) is 0 Å². The largest absolute Gasteiger partial charge is 0.338 e. The van der Waals surface area contributed by atoms with Crippen LogP contribution >= 0.6 is 0 Å². The highest BCUT2D eigenvalue weighted by atomic mass is 16.2. The Morgan fingerprint density at radius 1 is 0.692 bits per heavy atom. The van der Waals surface area contributed by atoms with E-state index < -0.39 is 0 Å². The van der Waals surface area contributed by atoms with E-state index in [-0.39, 0.29) is 11.8 Å². The Morgan fingerprint density at radius 3 is 1.42 bits per heavy atom. The maximum absolute atomic E-state index is 12.6. The maximum Gasteiger partial charge on any atom is 0.236 e. The Morgan fingerprint density at radius 2 is 1.08 bits per heavy atom. The number of amides is 2. The molecule has 6 nitrogen and oxygen atoms in total. The van der Waals surface area contributed by atoms with Crippen molar-refractivity contribution < 1.29 is 9.59 Å². The summed E-state index contributed by atoms with van der Waals surface area (Å²) in [5.41, 5.74) is 0. The first-order valence-electron chi connectivity index (χ1n) is 10.5. The third-order valence-electron chi connectivity index (χ3n) is 6.19. The normalized spacial score (nSPS) is 29.0. The molecule has 3 rings (SSSR count). The molecule has 0 aromatic heterocycles. The number of carbonyl (C=O) groups is 2. The summed E-state index contributed by atoms with van der Waals surface area (Å²) < 4.78 is 0. The van der Waals surface area contributed by atoms with E-state index in [9.17, 15) is 9.59 Å². The van der Waals surface area contributed by atoms with E-state index in [1.165, 1.54) is 25.7 Å². The summed E-state index contributed by atoms with van der Waals surface area (Å²) in [6, 6.07) is 0. The number of rotatable bonds is 4. The molecule has 2 atom stereocenters. The van der Waals surface area contributed by atoms with Crippen molar-refractivity contribution in [1.29, 1.82) is 0 Å². The number of piperidine rings is 2. The third kappa shape index (κ3) is 5.43. The van der Waals surface area contributed by atoms with E-state index in [1.807, 2.05) is 9.80 Å². The minimum Gasteiger partial charge on any atom is -0.338 e. The molecule has 6 heteroatoms. The zero-order valence-electron chi connectivity index (χ0n) is 16.7. The molecule has 0 aliphatic carbocycles. The van der Waals surface area contributed by atoms with Gasteiger partial charge in [0.2, 0.25) is 11.8 Å². The van der Waals surface area contributed by atoms with Crippen molar-refractivity contribution in [3.63, 3.8) is 0 Å². The molecule has 2 amide bonds. The molecular formula is C20H36N4O2. The molecule has 0 saturated carbocycles. The van der Waals surface area contributed by atoms with Gasteiger partial charge in [-0.2, -0.15) is 0 Å². The van der Waals surface area contributed by atoms with Gasteiger partial charge in [-0.15, -0.1) is 0 Å². The average Bonchev–Trinajstić information content (AvgIpc) is 2.62. The highest BCUT2D eigenvalue weighted by molar-refractivity contribution is 5.80. The monoisotopic (exact) mass is 364 g/mol. The Balaban J connectivity index is 1.39. The maximum atomic E-state index is 12.6. The fourth-order valence-electron chi connectivity index (χ4n) is 4.65. The van der Waals surface area contributed by atoms with E-state index in [4.69, 9.17) is 0 Å². The van der Waals surface area contributed by atoms with E-state index in [0.717, 1.165) is 26.2 Å². The predicted molar refractivity (Wildman–Crippen MR) is 103 cm³/mol. The van der Waals surface area contributed by atoms with Crippen molar-refractivity contribution in [2.45, 2.75) is 39.5 Å². The van der Waals surface area contributed by atoms with Gasteiger partial charge >= 0.3 is 0 Å². The molecule has 3 aliphatic heterocycles. The number of nitrogens with zero attached hydrogens (tertiary/aromatic N) is 4. The summed E-state index contributed by atoms with van der Waals surface area (Å²) in [6.45, 7) is 12.5. The van der Waals surface area contributed by atoms with E-state index in [2.05, 4.69) is 23.6 Å². The van der Waals surface area contributed by atoms with E-state index >= 15 is 0 Å². The van der Waals surface area contributed by atoms with Gasteiger partial charge in [0.05, 0.1) is 13.1 Å². The molecule has 26 heavy (non-hydrogen) atoms. The first kappa shape index (κ1) is 19.6. The molecule has 0 N–H and O–H groups in total. The fraction of sp³-hybridized carbons (Fsp3) is 0.900. The van der Waals surface area contributed by atoms with Gasteiger partial charge in [0, 0.05) is 39.3 Å². The molecule has 3 heterocycles. The molecule has 3 aliphatic rings. The number of hydrogen-bond donors (Lipinski definition) is 0. The lowest BCUT2D eigenvalue weighted by molar-refractivity contribution is -0.141. The van der Waals surface area contributed by atoms with Crippen LogP contribution in [0.5, 0.6) is 0 Å². The van der Waals surface area contributed by atoms with E-state index in [0.29, 0.717) is 51.1 Å². The second kappa shape index (κ2) is 9.18. The van der Waals surface area contributed by atoms with E-state index in [1.54, 1.807) is 0 Å². The van der Waals surface area contributed by atoms with Crippen LogP contribution in [0.4, 0.5) is 0 Å². The first-order chi connectivity index (χ1) is 12.5. The van der Waals surface area contributed by atoms with Crippen LogP contribution in [-0.2, 0) is 9.59 Å². The van der Waals surface area contributed by atoms with Gasteiger partial charge in [-0.05, 0) is 50.6 Å². The lowest BCUT2D eigenvalue weighted by atomic mass is 10.0. The van der Waals surface area contributed by atoms with Gasteiger partial charge in [0.25, 0.3) is 0 Å². The molecule has 0 radical (unpaired) electrons. The van der Waals surface area contributed by atoms with Crippen LogP contribution in [0.15, 0.2) is 0 Å². The Bertz CT molecular complexity index is 446. The molecule has 0 bridgehead atoms. The van der Waals surface area contributed by atoms with Crippen LogP contribution < -0.4 is 0 Å². The summed E-state index contributed by atoms with van der Waals surface area (Å²) in [6.07, 6.45) is 4.96. The van der Waals surface area contributed by atoms with Gasteiger partial charge in [0.15, 0.2) is 0 Å². The van der Waals surface area contributed by atoms with Crippen LogP contribution in [0.1, 0.15) is 39.5 Å². The topological polar surface area (TPSA) is 47.1 Å². The van der Waals surface area contributed by atoms with Gasteiger partial charge < -0.3 is 9.80 Å². The number of hydrogen-bond acceptors (Lipinski definition) is 4. The highest BCUT2D eigenvalue weighted by Gasteiger charge is 2.28. The summed E-state index contributed by atoms with van der Waals surface area (Å²) in [4.78, 5) is 33.6. The average molecular weight is 365 g/mol. The zero-order valence-corrected chi connectivity index (χ0v) is 16.7. The molecular weight excluding hydrogens is 328 g/mol. The quantitative estimate of drug-likeness (QED) is 0.750. The van der Waals surface area contributed by atoms with Gasteiger partial charge in [-0.1, -0.05) is 13.8 Å². The highest BCUT2D eigenvalue weighted by Crippen LogP contribution is 2.17. The summed E-state index contributed by atoms with van der Waals surface area (Å²) >= 11 is 0. The fourth-order valence-corrected chi connectivity index (χ4v) is 4.65. The number of piperazine rings is 1. The van der Waals surface area contributed by atoms with Crippen LogP contribution in [0.2, 0.25) is 0 Å². The standard InChI is InChI=1S/C20H36N4O2/c1-17-5-3-7-21(13-17)15-19(25)23-9-11-24(12-10-23)20(26)16-22-8-4-6-18(2)14-22/h17-18H,3-16H2,1-2H3/t17-,18-/m0/s1. The Labute approximate surface area is 158 Å². The lowest BCUT2D eigenvalue weighted by Crippen LogP contribution is -2.55. The van der Waals surface area contributed by atoms with Gasteiger partial charge in [-0.3, -0.25) is 19.4 Å². The molecule has 0 unspecified atom stereocenters.